The third kappa shape index (κ3) is 10.2. The van der Waals surface area contributed by atoms with Crippen molar-refractivity contribution in [1.82, 2.24) is 13.7 Å². The van der Waals surface area contributed by atoms with Gasteiger partial charge in [0.25, 0.3) is 0 Å². The third-order valence-electron chi connectivity index (χ3n) is 4.94. The van der Waals surface area contributed by atoms with E-state index in [4.69, 9.17) is 14.2 Å². The molecule has 0 aromatic carbocycles. The molecule has 1 aromatic heterocycles. The molecule has 4 atom stereocenters. The van der Waals surface area contributed by atoms with Gasteiger partial charge in [-0.2, -0.15) is 0 Å². The minimum atomic E-state index is -1.57. The Hall–Kier alpha value is -3.63. The zero-order valence-corrected chi connectivity index (χ0v) is 22.1. The standard InChI is InChI=1S/C24H35N3O12/c1-13(2)19(31)37-10-16(28)7-25-22(34)26(8-17(29)11-38-20(32)14(3)4)24(36)27(23(25)35)9-18(30)12-39-21(33)15(5)6/h16-19,28-31H,1,3,5,7-12H2,2,4,6H3. The molecule has 0 aliphatic rings. The first kappa shape index (κ1) is 33.4. The van der Waals surface area contributed by atoms with E-state index < -0.39 is 93.1 Å². The Balaban J connectivity index is 3.36. The second-order valence-electron chi connectivity index (χ2n) is 8.93. The van der Waals surface area contributed by atoms with Gasteiger partial charge in [-0.25, -0.2) is 37.7 Å². The Morgan fingerprint density at radius 2 is 0.974 bits per heavy atom. The highest BCUT2D eigenvalue weighted by Crippen LogP contribution is 2.01. The smallest absolute Gasteiger partial charge is 0.336 e. The molecule has 1 rings (SSSR count). The van der Waals surface area contributed by atoms with Crippen molar-refractivity contribution in [1.29, 1.82) is 0 Å². The van der Waals surface area contributed by atoms with Crippen LogP contribution in [0.5, 0.6) is 0 Å². The molecule has 4 N–H and O–H groups in total. The van der Waals surface area contributed by atoms with Gasteiger partial charge in [0, 0.05) is 11.1 Å². The van der Waals surface area contributed by atoms with Gasteiger partial charge in [-0.1, -0.05) is 19.7 Å². The van der Waals surface area contributed by atoms with Gasteiger partial charge < -0.3 is 34.6 Å². The van der Waals surface area contributed by atoms with Gasteiger partial charge in [-0.05, 0) is 26.3 Å². The maximum absolute atomic E-state index is 13.0. The molecular formula is C24H35N3O12. The maximum Gasteiger partial charge on any atom is 0.336 e. The lowest BCUT2D eigenvalue weighted by atomic mass is 10.3. The topological polar surface area (TPSA) is 209 Å². The van der Waals surface area contributed by atoms with Gasteiger partial charge in [0.1, 0.15) is 25.4 Å². The van der Waals surface area contributed by atoms with E-state index in [9.17, 15) is 44.4 Å². The molecule has 0 bridgehead atoms. The molecule has 0 fully saturated rings. The van der Waals surface area contributed by atoms with E-state index in [-0.39, 0.29) is 16.7 Å². The van der Waals surface area contributed by atoms with Crippen LogP contribution in [0.4, 0.5) is 0 Å². The lowest BCUT2D eigenvalue weighted by molar-refractivity contribution is -0.142. The second kappa shape index (κ2) is 15.1. The van der Waals surface area contributed by atoms with Crippen LogP contribution in [0, 0.1) is 0 Å². The van der Waals surface area contributed by atoms with Crippen LogP contribution in [-0.2, 0) is 43.4 Å². The van der Waals surface area contributed by atoms with Crippen LogP contribution >= 0.6 is 0 Å². The normalized spacial score (nSPS) is 14.1. The molecule has 0 radical (unpaired) electrons. The molecule has 15 nitrogen and oxygen atoms in total. The van der Waals surface area contributed by atoms with Crippen molar-refractivity contribution in [3.05, 3.63) is 67.9 Å². The molecule has 0 saturated carbocycles. The fourth-order valence-corrected chi connectivity index (χ4v) is 2.88. The molecule has 1 aromatic rings. The number of aliphatic hydroxyl groups is 4. The van der Waals surface area contributed by atoms with Crippen molar-refractivity contribution in [2.75, 3.05) is 19.8 Å². The summed E-state index contributed by atoms with van der Waals surface area (Å²) in [4.78, 5) is 62.2. The number of ether oxygens (including phenoxy) is 3. The van der Waals surface area contributed by atoms with E-state index in [2.05, 4.69) is 19.7 Å². The molecule has 0 aliphatic carbocycles. The van der Waals surface area contributed by atoms with E-state index in [1.165, 1.54) is 20.8 Å². The first-order chi connectivity index (χ1) is 18.1. The SMILES string of the molecule is C=C(C)C(=O)OCC(O)Cn1c(=O)n(CC(O)COC(=O)C(=C)C)c(=O)n(CC(O)COC(O)C(=C)C)c1=O. The molecule has 4 unspecified atom stereocenters. The number of aliphatic hydroxyl groups excluding tert-OH is 4. The van der Waals surface area contributed by atoms with Gasteiger partial charge in [0.15, 0.2) is 6.29 Å². The van der Waals surface area contributed by atoms with E-state index in [1.807, 2.05) is 0 Å². The van der Waals surface area contributed by atoms with Crippen LogP contribution in [0.1, 0.15) is 20.8 Å². The third-order valence-corrected chi connectivity index (χ3v) is 4.94. The Labute approximate surface area is 223 Å². The average Bonchev–Trinajstić information content (AvgIpc) is 2.86. The predicted octanol–water partition coefficient (Wildman–Crippen LogP) is -2.60. The van der Waals surface area contributed by atoms with Gasteiger partial charge >= 0.3 is 29.0 Å². The van der Waals surface area contributed by atoms with Crippen LogP contribution in [0.3, 0.4) is 0 Å². The van der Waals surface area contributed by atoms with Gasteiger partial charge in [0.05, 0.1) is 32.3 Å². The van der Waals surface area contributed by atoms with Gasteiger partial charge in [-0.3, -0.25) is 0 Å². The van der Waals surface area contributed by atoms with Crippen molar-refractivity contribution in [2.24, 2.45) is 0 Å². The van der Waals surface area contributed by atoms with E-state index in [0.717, 1.165) is 0 Å². The van der Waals surface area contributed by atoms with Crippen molar-refractivity contribution in [2.45, 2.75) is 65.0 Å². The number of hydrogen-bond donors (Lipinski definition) is 4. The molecule has 0 saturated heterocycles. The second-order valence-corrected chi connectivity index (χ2v) is 8.93. The van der Waals surface area contributed by atoms with Crippen molar-refractivity contribution < 1.29 is 44.2 Å². The minimum Gasteiger partial charge on any atom is -0.460 e. The Bertz CT molecular complexity index is 1180. The molecule has 39 heavy (non-hydrogen) atoms. The molecule has 15 heteroatoms. The number of hydrogen-bond acceptors (Lipinski definition) is 12. The number of carbonyl (C=O) groups is 2. The van der Waals surface area contributed by atoms with E-state index in [1.54, 1.807) is 0 Å². The van der Waals surface area contributed by atoms with Crippen LogP contribution in [0.2, 0.25) is 0 Å². The summed E-state index contributed by atoms with van der Waals surface area (Å²) in [7, 11) is 0. The maximum atomic E-state index is 13.0. The molecular weight excluding hydrogens is 522 g/mol. The number of nitrogens with zero attached hydrogens (tertiary/aromatic N) is 3. The largest absolute Gasteiger partial charge is 0.460 e. The summed E-state index contributed by atoms with van der Waals surface area (Å²) in [5.74, 6) is -1.65. The highest BCUT2D eigenvalue weighted by Gasteiger charge is 2.23. The predicted molar refractivity (Wildman–Crippen MR) is 136 cm³/mol. The summed E-state index contributed by atoms with van der Waals surface area (Å²) in [6.07, 6.45) is -6.08. The van der Waals surface area contributed by atoms with E-state index >= 15 is 0 Å². The Morgan fingerprint density at radius 3 is 1.26 bits per heavy atom. The molecule has 0 spiro atoms. The Kier molecular flexibility index (Phi) is 12.9. The number of carbonyl (C=O) groups excluding carboxylic acids is 2. The summed E-state index contributed by atoms with van der Waals surface area (Å²) >= 11 is 0. The fraction of sp³-hybridized carbons (Fsp3) is 0.542. The molecule has 218 valence electrons. The lowest BCUT2D eigenvalue weighted by Crippen LogP contribution is -2.57. The number of aromatic nitrogens is 3. The van der Waals surface area contributed by atoms with Gasteiger partial charge in [-0.15, -0.1) is 0 Å². The first-order valence-corrected chi connectivity index (χ1v) is 11.7. The summed E-state index contributed by atoms with van der Waals surface area (Å²) in [6.45, 7) is 10.5. The van der Waals surface area contributed by atoms with Crippen LogP contribution in [0.25, 0.3) is 0 Å². The Morgan fingerprint density at radius 1 is 0.667 bits per heavy atom. The molecule has 0 amide bonds. The lowest BCUT2D eigenvalue weighted by Gasteiger charge is -2.20. The van der Waals surface area contributed by atoms with Crippen LogP contribution in [0.15, 0.2) is 50.8 Å². The fourth-order valence-electron chi connectivity index (χ4n) is 2.88. The van der Waals surface area contributed by atoms with E-state index in [0.29, 0.717) is 13.7 Å². The number of esters is 2. The summed E-state index contributed by atoms with van der Waals surface area (Å²) in [6, 6.07) is 0. The van der Waals surface area contributed by atoms with Gasteiger partial charge in [0.2, 0.25) is 0 Å². The minimum absolute atomic E-state index is 0.0459. The van der Waals surface area contributed by atoms with Crippen molar-refractivity contribution >= 4 is 11.9 Å². The average molecular weight is 558 g/mol. The number of rotatable bonds is 16. The zero-order chi connectivity index (χ0) is 30.0. The highest BCUT2D eigenvalue weighted by molar-refractivity contribution is 5.87. The summed E-state index contributed by atoms with van der Waals surface area (Å²) in [5, 5.41) is 40.5. The van der Waals surface area contributed by atoms with Crippen LogP contribution < -0.4 is 17.1 Å². The quantitative estimate of drug-likeness (QED) is 0.0714. The molecule has 1 heterocycles. The monoisotopic (exact) mass is 557 g/mol. The summed E-state index contributed by atoms with van der Waals surface area (Å²) < 4.78 is 16.0. The van der Waals surface area contributed by atoms with Crippen LogP contribution in [-0.4, -0.2) is 90.5 Å². The highest BCUT2D eigenvalue weighted by atomic mass is 16.6. The first-order valence-electron chi connectivity index (χ1n) is 11.7. The zero-order valence-electron chi connectivity index (χ0n) is 22.1. The van der Waals surface area contributed by atoms with Crippen molar-refractivity contribution in [3.63, 3.8) is 0 Å². The summed E-state index contributed by atoms with van der Waals surface area (Å²) in [5.41, 5.74) is -3.36. The molecule has 0 aliphatic heterocycles. The van der Waals surface area contributed by atoms with Crippen molar-refractivity contribution in [3.8, 4) is 0 Å².